The lowest BCUT2D eigenvalue weighted by atomic mass is 9.99. The number of benzene rings is 2. The van der Waals surface area contributed by atoms with Gasteiger partial charge in [-0.2, -0.15) is 8.78 Å². The fourth-order valence-electron chi connectivity index (χ4n) is 2.42. The van der Waals surface area contributed by atoms with Crippen LogP contribution in [0.4, 0.5) is 8.78 Å². The Hall–Kier alpha value is -1.96. The fraction of sp³-hybridized carbons (Fsp3) is 0.263. The van der Waals surface area contributed by atoms with Crippen LogP contribution in [-0.4, -0.2) is 0 Å². The summed E-state index contributed by atoms with van der Waals surface area (Å²) in [7, 11) is 0. The maximum Gasteiger partial charge on any atom is 0.269 e. The molecule has 2 heteroatoms. The lowest BCUT2D eigenvalue weighted by molar-refractivity contribution is 0.403. The molecule has 2 rings (SSSR count). The Kier molecular flexibility index (Phi) is 5.68. The summed E-state index contributed by atoms with van der Waals surface area (Å²) in [6, 6.07) is 17.8. The first-order valence-electron chi connectivity index (χ1n) is 7.27. The number of halogens is 2. The van der Waals surface area contributed by atoms with Crippen molar-refractivity contribution in [3.8, 4) is 0 Å². The third-order valence-corrected chi connectivity index (χ3v) is 3.62. The van der Waals surface area contributed by atoms with Gasteiger partial charge in [0.2, 0.25) is 0 Å². The third kappa shape index (κ3) is 5.14. The van der Waals surface area contributed by atoms with E-state index in [1.165, 1.54) is 5.56 Å². The molecule has 0 aromatic heterocycles. The van der Waals surface area contributed by atoms with Gasteiger partial charge in [-0.25, -0.2) is 0 Å². The third-order valence-electron chi connectivity index (χ3n) is 3.62. The SMILES string of the molecule is Cc1cccc(CCC(CCc2ccccc2)=C(F)F)c1. The molecule has 0 unspecified atom stereocenters. The van der Waals surface area contributed by atoms with Crippen molar-refractivity contribution in [1.82, 2.24) is 0 Å². The minimum absolute atomic E-state index is 0.278. The van der Waals surface area contributed by atoms with Crippen molar-refractivity contribution in [3.63, 3.8) is 0 Å². The van der Waals surface area contributed by atoms with Gasteiger partial charge in [0.15, 0.2) is 0 Å². The summed E-state index contributed by atoms with van der Waals surface area (Å²) in [5, 5.41) is 0. The van der Waals surface area contributed by atoms with Crippen LogP contribution in [0.25, 0.3) is 0 Å². The van der Waals surface area contributed by atoms with E-state index in [1.807, 2.05) is 55.5 Å². The Balaban J connectivity index is 1.93. The van der Waals surface area contributed by atoms with Gasteiger partial charge in [0.05, 0.1) is 0 Å². The molecule has 21 heavy (non-hydrogen) atoms. The second-order valence-electron chi connectivity index (χ2n) is 5.34. The van der Waals surface area contributed by atoms with E-state index >= 15 is 0 Å². The first-order chi connectivity index (χ1) is 10.1. The van der Waals surface area contributed by atoms with Gasteiger partial charge in [-0.3, -0.25) is 0 Å². The van der Waals surface area contributed by atoms with Crippen LogP contribution in [-0.2, 0) is 12.8 Å². The molecule has 110 valence electrons. The molecule has 0 bridgehead atoms. The second-order valence-corrected chi connectivity index (χ2v) is 5.34. The zero-order valence-electron chi connectivity index (χ0n) is 12.3. The molecule has 2 aromatic rings. The summed E-state index contributed by atoms with van der Waals surface area (Å²) in [6.07, 6.45) is 0.680. The minimum atomic E-state index is -1.52. The number of allylic oxidation sites excluding steroid dienone is 1. The topological polar surface area (TPSA) is 0 Å². The highest BCUT2D eigenvalue weighted by atomic mass is 19.3. The molecule has 0 nitrogen and oxygen atoms in total. The van der Waals surface area contributed by atoms with Crippen LogP contribution in [0.3, 0.4) is 0 Å². The molecule has 0 radical (unpaired) electrons. The van der Waals surface area contributed by atoms with E-state index < -0.39 is 6.08 Å². The van der Waals surface area contributed by atoms with Crippen molar-refractivity contribution >= 4 is 0 Å². The number of hydrogen-bond donors (Lipinski definition) is 0. The first kappa shape index (κ1) is 15.4. The molecule has 0 aliphatic rings. The van der Waals surface area contributed by atoms with E-state index in [2.05, 4.69) is 6.07 Å². The zero-order valence-corrected chi connectivity index (χ0v) is 12.3. The molecular formula is C19H20F2. The van der Waals surface area contributed by atoms with Crippen LogP contribution >= 0.6 is 0 Å². The van der Waals surface area contributed by atoms with E-state index in [4.69, 9.17) is 0 Å². The molecule has 0 saturated carbocycles. The predicted octanol–water partition coefficient (Wildman–Crippen LogP) is 5.71. The van der Waals surface area contributed by atoms with Gasteiger partial charge in [-0.1, -0.05) is 60.2 Å². The molecule has 0 saturated heterocycles. The molecular weight excluding hydrogens is 266 g/mol. The molecule has 0 heterocycles. The molecule has 0 aliphatic carbocycles. The summed E-state index contributed by atoms with van der Waals surface area (Å²) in [4.78, 5) is 0. The van der Waals surface area contributed by atoms with Gasteiger partial charge in [-0.15, -0.1) is 0 Å². The Morgan fingerprint density at radius 2 is 1.43 bits per heavy atom. The Morgan fingerprint density at radius 3 is 2.05 bits per heavy atom. The molecule has 0 fully saturated rings. The first-order valence-corrected chi connectivity index (χ1v) is 7.27. The zero-order chi connectivity index (χ0) is 15.1. The number of aryl methyl sites for hydroxylation is 3. The highest BCUT2D eigenvalue weighted by Gasteiger charge is 2.07. The standard InChI is InChI=1S/C19H20F2/c1-15-6-5-9-17(14-15)11-13-18(19(20)21)12-10-16-7-3-2-4-8-16/h2-9,14H,10-13H2,1H3. The van der Waals surface area contributed by atoms with Crippen molar-refractivity contribution in [1.29, 1.82) is 0 Å². The fourth-order valence-corrected chi connectivity index (χ4v) is 2.42. The van der Waals surface area contributed by atoms with Crippen molar-refractivity contribution < 1.29 is 8.78 Å². The summed E-state index contributed by atoms with van der Waals surface area (Å²) >= 11 is 0. The Labute approximate surface area is 125 Å². The summed E-state index contributed by atoms with van der Waals surface area (Å²) < 4.78 is 26.1. The van der Waals surface area contributed by atoms with Crippen LogP contribution in [0.15, 0.2) is 66.3 Å². The maximum atomic E-state index is 13.1. The van der Waals surface area contributed by atoms with E-state index in [0.717, 1.165) is 11.1 Å². The van der Waals surface area contributed by atoms with Gasteiger partial charge >= 0.3 is 0 Å². The Bertz CT molecular complexity index is 596. The van der Waals surface area contributed by atoms with Crippen molar-refractivity contribution in [2.75, 3.05) is 0 Å². The molecule has 2 aromatic carbocycles. The van der Waals surface area contributed by atoms with Gasteiger partial charge < -0.3 is 0 Å². The maximum absolute atomic E-state index is 13.1. The Morgan fingerprint density at radius 1 is 0.810 bits per heavy atom. The largest absolute Gasteiger partial charge is 0.269 e. The quantitative estimate of drug-likeness (QED) is 0.638. The molecule has 0 atom stereocenters. The van der Waals surface area contributed by atoms with Crippen molar-refractivity contribution in [2.24, 2.45) is 0 Å². The molecule has 0 spiro atoms. The van der Waals surface area contributed by atoms with Crippen LogP contribution in [0, 0.1) is 6.92 Å². The van der Waals surface area contributed by atoms with E-state index in [0.29, 0.717) is 25.7 Å². The van der Waals surface area contributed by atoms with Crippen LogP contribution < -0.4 is 0 Å². The predicted molar refractivity (Wildman–Crippen MR) is 83.5 cm³/mol. The van der Waals surface area contributed by atoms with Crippen LogP contribution in [0.1, 0.15) is 29.5 Å². The normalized spacial score (nSPS) is 10.4. The summed E-state index contributed by atoms with van der Waals surface area (Å²) in [6.45, 7) is 2.02. The smallest absolute Gasteiger partial charge is 0.173 e. The minimum Gasteiger partial charge on any atom is -0.173 e. The van der Waals surface area contributed by atoms with E-state index in [-0.39, 0.29) is 5.57 Å². The number of hydrogen-bond acceptors (Lipinski definition) is 0. The van der Waals surface area contributed by atoms with Gasteiger partial charge in [-0.05, 0) is 49.3 Å². The average molecular weight is 286 g/mol. The number of rotatable bonds is 6. The molecule has 0 aliphatic heterocycles. The highest BCUT2D eigenvalue weighted by Crippen LogP contribution is 2.21. The van der Waals surface area contributed by atoms with Gasteiger partial charge in [0, 0.05) is 0 Å². The lowest BCUT2D eigenvalue weighted by Gasteiger charge is -2.08. The molecule has 0 N–H and O–H groups in total. The summed E-state index contributed by atoms with van der Waals surface area (Å²) in [5.74, 6) is 0. The monoisotopic (exact) mass is 286 g/mol. The van der Waals surface area contributed by atoms with Crippen molar-refractivity contribution in [3.05, 3.63) is 82.9 Å². The van der Waals surface area contributed by atoms with Crippen LogP contribution in [0.2, 0.25) is 0 Å². The summed E-state index contributed by atoms with van der Waals surface area (Å²) in [5.41, 5.74) is 3.67. The van der Waals surface area contributed by atoms with Gasteiger partial charge in [0.25, 0.3) is 6.08 Å². The molecule has 0 amide bonds. The highest BCUT2D eigenvalue weighted by molar-refractivity contribution is 5.23. The van der Waals surface area contributed by atoms with E-state index in [9.17, 15) is 8.78 Å². The van der Waals surface area contributed by atoms with E-state index in [1.54, 1.807) is 0 Å². The van der Waals surface area contributed by atoms with Crippen molar-refractivity contribution in [2.45, 2.75) is 32.6 Å². The lowest BCUT2D eigenvalue weighted by Crippen LogP contribution is -1.95. The van der Waals surface area contributed by atoms with Gasteiger partial charge in [0.1, 0.15) is 0 Å². The average Bonchev–Trinajstić information content (AvgIpc) is 2.48. The second kappa shape index (κ2) is 7.72. The van der Waals surface area contributed by atoms with Crippen LogP contribution in [0.5, 0.6) is 0 Å².